The Morgan fingerprint density at radius 3 is 2.89 bits per heavy atom. The smallest absolute Gasteiger partial charge is 0.255 e. The maximum Gasteiger partial charge on any atom is 0.255 e. The van der Waals surface area contributed by atoms with Crippen LogP contribution in [-0.4, -0.2) is 28.0 Å². The van der Waals surface area contributed by atoms with Gasteiger partial charge in [0.1, 0.15) is 17.9 Å². The van der Waals surface area contributed by atoms with E-state index in [0.717, 1.165) is 16.9 Å². The number of carbonyl (C=O) groups is 2. The fourth-order valence-electron chi connectivity index (χ4n) is 3.28. The van der Waals surface area contributed by atoms with E-state index in [2.05, 4.69) is 10.3 Å². The van der Waals surface area contributed by atoms with Crippen molar-refractivity contribution < 1.29 is 14.3 Å². The zero-order valence-corrected chi connectivity index (χ0v) is 15.5. The molecule has 3 N–H and O–H groups in total. The van der Waals surface area contributed by atoms with E-state index < -0.39 is 5.91 Å². The lowest BCUT2D eigenvalue weighted by molar-refractivity contribution is -0.120. The van der Waals surface area contributed by atoms with Gasteiger partial charge < -0.3 is 15.8 Å². The summed E-state index contributed by atoms with van der Waals surface area (Å²) in [6.45, 7) is -0.205. The summed E-state index contributed by atoms with van der Waals surface area (Å²) in [5, 5.41) is 3.50. The fourth-order valence-corrected chi connectivity index (χ4v) is 3.46. The Balaban J connectivity index is 1.71. The number of benzene rings is 2. The number of nitrogens with zero attached hydrogens (tertiary/aromatic N) is 2. The second-order valence-electron chi connectivity index (χ2n) is 6.46. The molecular weight excluding hydrogens is 380 g/mol. The van der Waals surface area contributed by atoms with Gasteiger partial charge in [-0.25, -0.2) is 4.98 Å². The molecule has 1 aliphatic rings. The van der Waals surface area contributed by atoms with Crippen LogP contribution in [0.15, 0.2) is 54.9 Å². The summed E-state index contributed by atoms with van der Waals surface area (Å²) in [6, 6.07) is 14.6. The van der Waals surface area contributed by atoms with Crippen molar-refractivity contribution in [3.63, 3.8) is 0 Å². The molecule has 28 heavy (non-hydrogen) atoms. The van der Waals surface area contributed by atoms with E-state index in [0.29, 0.717) is 16.6 Å². The maximum absolute atomic E-state index is 12.4. The second-order valence-corrected chi connectivity index (χ2v) is 6.90. The number of anilines is 1. The molecule has 2 aromatic carbocycles. The first-order chi connectivity index (χ1) is 13.5. The molecule has 4 rings (SSSR count). The summed E-state index contributed by atoms with van der Waals surface area (Å²) in [5.41, 5.74) is 7.56. The molecule has 7 nitrogen and oxygen atoms in total. The molecule has 0 radical (unpaired) electrons. The number of ether oxygens (including phenoxy) is 1. The van der Waals surface area contributed by atoms with Crippen molar-refractivity contribution in [2.75, 3.05) is 11.9 Å². The zero-order chi connectivity index (χ0) is 19.7. The van der Waals surface area contributed by atoms with E-state index in [-0.39, 0.29) is 24.9 Å². The van der Waals surface area contributed by atoms with Gasteiger partial charge in [0, 0.05) is 23.0 Å². The number of nitrogens with one attached hydrogen (secondary N) is 1. The number of hydrogen-bond acceptors (Lipinski definition) is 4. The normalized spacial score (nSPS) is 15.6. The van der Waals surface area contributed by atoms with Crippen LogP contribution < -0.4 is 15.8 Å². The first kappa shape index (κ1) is 18.1. The van der Waals surface area contributed by atoms with Crippen LogP contribution in [0.5, 0.6) is 5.75 Å². The number of rotatable bonds is 5. The van der Waals surface area contributed by atoms with Crippen LogP contribution in [-0.2, 0) is 9.59 Å². The molecule has 8 heteroatoms. The molecule has 0 saturated carbocycles. The van der Waals surface area contributed by atoms with Crippen molar-refractivity contribution in [1.82, 2.24) is 9.55 Å². The van der Waals surface area contributed by atoms with Gasteiger partial charge in [0.05, 0.1) is 5.69 Å². The van der Waals surface area contributed by atoms with Crippen LogP contribution in [0, 0.1) is 0 Å². The number of halogens is 1. The van der Waals surface area contributed by atoms with Crippen LogP contribution in [0.3, 0.4) is 0 Å². The van der Waals surface area contributed by atoms with Crippen molar-refractivity contribution in [2.24, 2.45) is 5.73 Å². The molecular formula is C20H17ClN4O3. The molecule has 2 heterocycles. The van der Waals surface area contributed by atoms with Crippen molar-refractivity contribution in [3.05, 3.63) is 71.1 Å². The SMILES string of the molecule is NC(=O)COc1cccc(C2CC(=O)Nc3c2ncn3-c2cccc(Cl)c2)c1. The average Bonchev–Trinajstić information content (AvgIpc) is 3.09. The van der Waals surface area contributed by atoms with Crippen LogP contribution in [0.2, 0.25) is 5.02 Å². The number of nitrogens with two attached hydrogens (primary N) is 1. The Kier molecular flexibility index (Phi) is 4.75. The summed E-state index contributed by atoms with van der Waals surface area (Å²) in [6.07, 6.45) is 1.93. The minimum absolute atomic E-state index is 0.107. The third-order valence-corrected chi connectivity index (χ3v) is 4.74. The number of imidazole rings is 1. The molecule has 142 valence electrons. The Hall–Kier alpha value is -3.32. The van der Waals surface area contributed by atoms with Gasteiger partial charge in [-0.3, -0.25) is 14.2 Å². The molecule has 2 amide bonds. The zero-order valence-electron chi connectivity index (χ0n) is 14.8. The van der Waals surface area contributed by atoms with Crippen molar-refractivity contribution in [1.29, 1.82) is 0 Å². The number of fused-ring (bicyclic) bond motifs is 1. The Labute approximate surface area is 166 Å². The highest BCUT2D eigenvalue weighted by molar-refractivity contribution is 6.30. The number of primary amides is 1. The molecule has 1 aromatic heterocycles. The molecule has 1 aliphatic heterocycles. The minimum atomic E-state index is -0.551. The highest BCUT2D eigenvalue weighted by Crippen LogP contribution is 2.38. The lowest BCUT2D eigenvalue weighted by Crippen LogP contribution is -2.25. The lowest BCUT2D eigenvalue weighted by atomic mass is 9.89. The van der Waals surface area contributed by atoms with E-state index in [1.54, 1.807) is 35.2 Å². The summed E-state index contributed by atoms with van der Waals surface area (Å²) < 4.78 is 7.19. The van der Waals surface area contributed by atoms with E-state index in [1.807, 2.05) is 24.3 Å². The minimum Gasteiger partial charge on any atom is -0.484 e. The first-order valence-electron chi connectivity index (χ1n) is 8.65. The molecule has 0 aliphatic carbocycles. The highest BCUT2D eigenvalue weighted by atomic mass is 35.5. The maximum atomic E-state index is 12.4. The lowest BCUT2D eigenvalue weighted by Gasteiger charge is -2.23. The monoisotopic (exact) mass is 396 g/mol. The second kappa shape index (κ2) is 7.36. The van der Waals surface area contributed by atoms with Crippen molar-refractivity contribution in [2.45, 2.75) is 12.3 Å². The van der Waals surface area contributed by atoms with E-state index in [4.69, 9.17) is 22.1 Å². The summed E-state index contributed by atoms with van der Waals surface area (Å²) in [7, 11) is 0. The number of amides is 2. The van der Waals surface area contributed by atoms with Gasteiger partial charge in [0.2, 0.25) is 5.91 Å². The van der Waals surface area contributed by atoms with Gasteiger partial charge in [-0.1, -0.05) is 29.8 Å². The first-order valence-corrected chi connectivity index (χ1v) is 9.03. The third kappa shape index (κ3) is 3.57. The van der Waals surface area contributed by atoms with E-state index >= 15 is 0 Å². The molecule has 0 spiro atoms. The molecule has 0 fully saturated rings. The topological polar surface area (TPSA) is 99.2 Å². The van der Waals surface area contributed by atoms with Gasteiger partial charge in [-0.05, 0) is 35.9 Å². The summed E-state index contributed by atoms with van der Waals surface area (Å²) in [5.74, 6) is 0.237. The Morgan fingerprint density at radius 1 is 1.29 bits per heavy atom. The summed E-state index contributed by atoms with van der Waals surface area (Å²) in [4.78, 5) is 27.9. The molecule has 1 unspecified atom stereocenters. The Bertz CT molecular complexity index is 1060. The summed E-state index contributed by atoms with van der Waals surface area (Å²) >= 11 is 6.10. The van der Waals surface area contributed by atoms with Crippen LogP contribution in [0.4, 0.5) is 5.82 Å². The predicted molar refractivity (Wildman–Crippen MR) is 105 cm³/mol. The van der Waals surface area contributed by atoms with E-state index in [9.17, 15) is 9.59 Å². The van der Waals surface area contributed by atoms with Crippen LogP contribution in [0.25, 0.3) is 5.69 Å². The predicted octanol–water partition coefficient (Wildman–Crippen LogP) is 2.86. The third-order valence-electron chi connectivity index (χ3n) is 4.50. The standard InChI is InChI=1S/C20H17ClN4O3/c21-13-4-2-5-14(8-13)25-11-23-19-16(9-18(27)24-20(19)25)12-3-1-6-15(7-12)28-10-17(22)26/h1-8,11,16H,9-10H2,(H2,22,26)(H,24,27). The van der Waals surface area contributed by atoms with Crippen LogP contribution in [0.1, 0.15) is 23.6 Å². The van der Waals surface area contributed by atoms with Gasteiger partial charge >= 0.3 is 0 Å². The van der Waals surface area contributed by atoms with Crippen molar-refractivity contribution >= 4 is 29.2 Å². The number of aromatic nitrogens is 2. The van der Waals surface area contributed by atoms with Gasteiger partial charge in [0.25, 0.3) is 5.91 Å². The quantitative estimate of drug-likeness (QED) is 0.692. The van der Waals surface area contributed by atoms with Gasteiger partial charge in [-0.2, -0.15) is 0 Å². The van der Waals surface area contributed by atoms with Crippen molar-refractivity contribution in [3.8, 4) is 11.4 Å². The Morgan fingerprint density at radius 2 is 2.11 bits per heavy atom. The van der Waals surface area contributed by atoms with Crippen LogP contribution >= 0.6 is 11.6 Å². The molecule has 1 atom stereocenters. The number of hydrogen-bond donors (Lipinski definition) is 2. The molecule has 3 aromatic rings. The van der Waals surface area contributed by atoms with E-state index in [1.165, 1.54) is 0 Å². The van der Waals surface area contributed by atoms with Gasteiger partial charge in [0.15, 0.2) is 6.61 Å². The number of carbonyl (C=O) groups excluding carboxylic acids is 2. The highest BCUT2D eigenvalue weighted by Gasteiger charge is 2.31. The molecule has 0 bridgehead atoms. The fraction of sp³-hybridized carbons (Fsp3) is 0.150. The van der Waals surface area contributed by atoms with Gasteiger partial charge in [-0.15, -0.1) is 0 Å². The molecule has 0 saturated heterocycles. The largest absolute Gasteiger partial charge is 0.484 e. The average molecular weight is 397 g/mol.